The number of ether oxygens (including phenoxy) is 1. The van der Waals surface area contributed by atoms with Crippen molar-refractivity contribution < 1.29 is 13.9 Å². The molecule has 4 nitrogen and oxygen atoms in total. The Hall–Kier alpha value is -1.46. The van der Waals surface area contributed by atoms with Crippen LogP contribution in [0.4, 0.5) is 4.39 Å². The maximum Gasteiger partial charge on any atom is 0.251 e. The third-order valence-electron chi connectivity index (χ3n) is 5.40. The van der Waals surface area contributed by atoms with Crippen molar-refractivity contribution >= 4 is 5.91 Å². The number of carbonyl (C=O) groups is 1. The van der Waals surface area contributed by atoms with Crippen molar-refractivity contribution in [3.63, 3.8) is 0 Å². The smallest absolute Gasteiger partial charge is 0.251 e. The topological polar surface area (TPSA) is 55.6 Å². The molecule has 1 saturated heterocycles. The number of amides is 1. The summed E-state index contributed by atoms with van der Waals surface area (Å²) in [5.41, 5.74) is 5.70. The number of rotatable bonds is 3. The minimum absolute atomic E-state index is 0.0501. The number of hydrogen-bond donors (Lipinski definition) is 1. The summed E-state index contributed by atoms with van der Waals surface area (Å²) in [6.07, 6.45) is 3.36. The minimum Gasteiger partial charge on any atom is -0.373 e. The van der Waals surface area contributed by atoms with Crippen molar-refractivity contribution in [1.82, 2.24) is 4.90 Å². The Kier molecular flexibility index (Phi) is 3.95. The van der Waals surface area contributed by atoms with Gasteiger partial charge in [-0.1, -0.05) is 12.5 Å². The SMILES string of the molecule is COC1(c2ccc(F)c(C(N)=O)c2)C2CCCC1CN(C)C2. The van der Waals surface area contributed by atoms with E-state index in [1.54, 1.807) is 19.2 Å². The normalized spacial score (nSPS) is 32.0. The molecule has 1 heterocycles. The van der Waals surface area contributed by atoms with E-state index in [-0.39, 0.29) is 5.56 Å². The van der Waals surface area contributed by atoms with E-state index in [0.717, 1.165) is 31.5 Å². The van der Waals surface area contributed by atoms with Gasteiger partial charge in [0.15, 0.2) is 0 Å². The van der Waals surface area contributed by atoms with Gasteiger partial charge in [-0.3, -0.25) is 4.79 Å². The van der Waals surface area contributed by atoms with Crippen LogP contribution < -0.4 is 5.73 Å². The first-order valence-corrected chi connectivity index (χ1v) is 7.82. The van der Waals surface area contributed by atoms with Crippen molar-refractivity contribution in [2.45, 2.75) is 24.9 Å². The average molecular weight is 306 g/mol. The second kappa shape index (κ2) is 5.63. The van der Waals surface area contributed by atoms with Crippen LogP contribution in [0.15, 0.2) is 18.2 Å². The van der Waals surface area contributed by atoms with Crippen LogP contribution in [0.1, 0.15) is 35.2 Å². The highest BCUT2D eigenvalue weighted by Gasteiger charge is 2.52. The highest BCUT2D eigenvalue weighted by molar-refractivity contribution is 5.93. The van der Waals surface area contributed by atoms with E-state index in [9.17, 15) is 9.18 Å². The van der Waals surface area contributed by atoms with Gasteiger partial charge in [-0.15, -0.1) is 0 Å². The molecule has 2 aliphatic rings. The van der Waals surface area contributed by atoms with E-state index in [1.165, 1.54) is 12.5 Å². The summed E-state index contributed by atoms with van der Waals surface area (Å²) in [5, 5.41) is 0. The number of benzene rings is 1. The third-order valence-corrected chi connectivity index (χ3v) is 5.40. The fourth-order valence-electron chi connectivity index (χ4n) is 4.53. The number of carbonyl (C=O) groups excluding carboxylic acids is 1. The predicted octanol–water partition coefficient (Wildman–Crippen LogP) is 2.13. The molecule has 3 rings (SSSR count). The highest BCUT2D eigenvalue weighted by Crippen LogP contribution is 2.51. The van der Waals surface area contributed by atoms with Gasteiger partial charge in [0.2, 0.25) is 0 Å². The van der Waals surface area contributed by atoms with Crippen molar-refractivity contribution in [3.8, 4) is 0 Å². The number of likely N-dealkylation sites (tertiary alicyclic amines) is 1. The standard InChI is InChI=1S/C17H23FN2O2/c1-20-9-12-4-3-5-13(10-20)17(12,22-2)11-6-7-15(18)14(8-11)16(19)21/h6-8,12-13H,3-5,9-10H2,1-2H3,(H2,19,21). The molecule has 1 saturated carbocycles. The van der Waals surface area contributed by atoms with E-state index in [1.807, 2.05) is 0 Å². The Morgan fingerprint density at radius 3 is 2.55 bits per heavy atom. The maximum absolute atomic E-state index is 13.8. The van der Waals surface area contributed by atoms with Gasteiger partial charge < -0.3 is 15.4 Å². The van der Waals surface area contributed by atoms with E-state index in [4.69, 9.17) is 10.5 Å². The van der Waals surface area contributed by atoms with Crippen LogP contribution in [0.5, 0.6) is 0 Å². The molecule has 1 aliphatic carbocycles. The molecule has 1 amide bonds. The zero-order chi connectivity index (χ0) is 15.9. The van der Waals surface area contributed by atoms with Gasteiger partial charge in [0.1, 0.15) is 11.4 Å². The Bertz CT molecular complexity index is 576. The van der Waals surface area contributed by atoms with E-state index < -0.39 is 17.3 Å². The van der Waals surface area contributed by atoms with Gasteiger partial charge in [0.25, 0.3) is 5.91 Å². The first kappa shape index (κ1) is 15.4. The largest absolute Gasteiger partial charge is 0.373 e. The van der Waals surface area contributed by atoms with Crippen LogP contribution >= 0.6 is 0 Å². The Morgan fingerprint density at radius 2 is 2.00 bits per heavy atom. The second-order valence-electron chi connectivity index (χ2n) is 6.60. The average Bonchev–Trinajstić information content (AvgIpc) is 2.47. The third kappa shape index (κ3) is 2.23. The van der Waals surface area contributed by atoms with Crippen molar-refractivity contribution in [2.75, 3.05) is 27.2 Å². The molecule has 1 aliphatic heterocycles. The number of halogens is 1. The summed E-state index contributed by atoms with van der Waals surface area (Å²) in [5.74, 6) is -0.605. The molecule has 2 unspecified atom stereocenters. The molecule has 1 aromatic rings. The molecule has 0 aromatic heterocycles. The van der Waals surface area contributed by atoms with E-state index in [0.29, 0.717) is 11.8 Å². The first-order chi connectivity index (χ1) is 10.5. The van der Waals surface area contributed by atoms with Gasteiger partial charge in [-0.05, 0) is 37.6 Å². The minimum atomic E-state index is -0.733. The lowest BCUT2D eigenvalue weighted by atomic mass is 9.62. The quantitative estimate of drug-likeness (QED) is 0.931. The summed E-state index contributed by atoms with van der Waals surface area (Å²) in [4.78, 5) is 13.8. The van der Waals surface area contributed by atoms with Gasteiger partial charge in [0.05, 0.1) is 5.56 Å². The van der Waals surface area contributed by atoms with Crippen LogP contribution in [0, 0.1) is 17.7 Å². The predicted molar refractivity (Wildman–Crippen MR) is 81.9 cm³/mol. The lowest BCUT2D eigenvalue weighted by Gasteiger charge is -2.54. The lowest BCUT2D eigenvalue weighted by molar-refractivity contribution is -0.165. The summed E-state index contributed by atoms with van der Waals surface area (Å²) in [7, 11) is 3.86. The molecule has 2 N–H and O–H groups in total. The number of primary amides is 1. The van der Waals surface area contributed by atoms with Gasteiger partial charge in [0, 0.05) is 32.0 Å². The number of nitrogens with two attached hydrogens (primary N) is 1. The maximum atomic E-state index is 13.8. The van der Waals surface area contributed by atoms with E-state index in [2.05, 4.69) is 11.9 Å². The molecule has 2 fully saturated rings. The Balaban J connectivity index is 2.10. The molecule has 22 heavy (non-hydrogen) atoms. The number of methoxy groups -OCH3 is 1. The molecule has 0 spiro atoms. The van der Waals surface area contributed by atoms with Crippen molar-refractivity contribution in [1.29, 1.82) is 0 Å². The fourth-order valence-corrected chi connectivity index (χ4v) is 4.53. The van der Waals surface area contributed by atoms with Crippen LogP contribution in [0.3, 0.4) is 0 Å². The molecule has 1 aromatic carbocycles. The zero-order valence-electron chi connectivity index (χ0n) is 13.1. The molecule has 120 valence electrons. The lowest BCUT2D eigenvalue weighted by Crippen LogP contribution is -2.58. The molecular formula is C17H23FN2O2. The molecule has 2 atom stereocenters. The second-order valence-corrected chi connectivity index (χ2v) is 6.60. The zero-order valence-corrected chi connectivity index (χ0v) is 13.1. The van der Waals surface area contributed by atoms with Crippen LogP contribution in [0.2, 0.25) is 0 Å². The molecular weight excluding hydrogens is 283 g/mol. The van der Waals surface area contributed by atoms with Crippen molar-refractivity contribution in [3.05, 3.63) is 35.1 Å². The highest BCUT2D eigenvalue weighted by atomic mass is 19.1. The molecule has 0 radical (unpaired) electrons. The van der Waals surface area contributed by atoms with E-state index >= 15 is 0 Å². The first-order valence-electron chi connectivity index (χ1n) is 7.82. The number of piperidine rings is 1. The van der Waals surface area contributed by atoms with Crippen LogP contribution in [0.25, 0.3) is 0 Å². The van der Waals surface area contributed by atoms with Crippen LogP contribution in [-0.4, -0.2) is 38.1 Å². The summed E-state index contributed by atoms with van der Waals surface area (Å²) < 4.78 is 19.9. The molecule has 2 bridgehead atoms. The van der Waals surface area contributed by atoms with Gasteiger partial charge in [-0.2, -0.15) is 0 Å². The summed E-state index contributed by atoms with van der Waals surface area (Å²) in [6.45, 7) is 1.90. The Morgan fingerprint density at radius 1 is 1.36 bits per heavy atom. The Labute approximate surface area is 130 Å². The summed E-state index contributed by atoms with van der Waals surface area (Å²) in [6, 6.07) is 4.68. The van der Waals surface area contributed by atoms with Gasteiger partial charge >= 0.3 is 0 Å². The van der Waals surface area contributed by atoms with Gasteiger partial charge in [-0.25, -0.2) is 4.39 Å². The number of fused-ring (bicyclic) bond motifs is 2. The molecule has 5 heteroatoms. The number of nitrogens with zero attached hydrogens (tertiary/aromatic N) is 1. The monoisotopic (exact) mass is 306 g/mol. The number of hydrogen-bond acceptors (Lipinski definition) is 3. The van der Waals surface area contributed by atoms with Crippen molar-refractivity contribution in [2.24, 2.45) is 17.6 Å². The van der Waals surface area contributed by atoms with Crippen LogP contribution in [-0.2, 0) is 10.3 Å². The fraction of sp³-hybridized carbons (Fsp3) is 0.588. The summed E-state index contributed by atoms with van der Waals surface area (Å²) >= 11 is 0.